The number of anilines is 2. The van der Waals surface area contributed by atoms with Crippen molar-refractivity contribution >= 4 is 23.3 Å². The van der Waals surface area contributed by atoms with Crippen LogP contribution in [0.3, 0.4) is 0 Å². The number of carboxylic acid groups (broad SMARTS) is 1. The summed E-state index contributed by atoms with van der Waals surface area (Å²) >= 11 is 0. The van der Waals surface area contributed by atoms with Gasteiger partial charge in [0.1, 0.15) is 35.2 Å². The van der Waals surface area contributed by atoms with E-state index in [0.717, 1.165) is 12.1 Å². The molecule has 2 aromatic carbocycles. The standard InChI is InChI=1S/C20H13N5O4/c1-11-6-12(2-4-16(11)25-17(10-23)13(8-21)9-22)19(27)24-14-3-5-18(26)15(7-14)20(28)29/h2-7,25-26H,1H3,(H,24,27)(H,28,29). The summed E-state index contributed by atoms with van der Waals surface area (Å²) in [4.78, 5) is 23.5. The van der Waals surface area contributed by atoms with Crippen molar-refractivity contribution in [3.05, 3.63) is 64.4 Å². The molecule has 9 nitrogen and oxygen atoms in total. The molecule has 0 radical (unpaired) electrons. The van der Waals surface area contributed by atoms with E-state index >= 15 is 0 Å². The van der Waals surface area contributed by atoms with E-state index in [1.54, 1.807) is 25.1 Å². The van der Waals surface area contributed by atoms with E-state index in [9.17, 15) is 14.7 Å². The molecule has 0 saturated carbocycles. The minimum Gasteiger partial charge on any atom is -0.507 e. The Kier molecular flexibility index (Phi) is 6.16. The van der Waals surface area contributed by atoms with Gasteiger partial charge in [0, 0.05) is 16.9 Å². The summed E-state index contributed by atoms with van der Waals surface area (Å²) in [7, 11) is 0. The van der Waals surface area contributed by atoms with Crippen LogP contribution >= 0.6 is 0 Å². The van der Waals surface area contributed by atoms with E-state index in [-0.39, 0.29) is 28.1 Å². The van der Waals surface area contributed by atoms with Gasteiger partial charge in [0.15, 0.2) is 5.57 Å². The van der Waals surface area contributed by atoms with Gasteiger partial charge in [-0.25, -0.2) is 4.79 Å². The molecule has 0 unspecified atom stereocenters. The number of hydrogen-bond acceptors (Lipinski definition) is 7. The van der Waals surface area contributed by atoms with Gasteiger partial charge >= 0.3 is 5.97 Å². The van der Waals surface area contributed by atoms with Crippen LogP contribution in [0.2, 0.25) is 0 Å². The van der Waals surface area contributed by atoms with Crippen molar-refractivity contribution in [3.8, 4) is 24.0 Å². The molecule has 2 aromatic rings. The number of nitrogens with one attached hydrogen (secondary N) is 2. The Morgan fingerprint density at radius 1 is 0.966 bits per heavy atom. The van der Waals surface area contributed by atoms with Crippen molar-refractivity contribution < 1.29 is 19.8 Å². The summed E-state index contributed by atoms with van der Waals surface area (Å²) in [5, 5.41) is 50.6. The van der Waals surface area contributed by atoms with Crippen molar-refractivity contribution in [1.82, 2.24) is 0 Å². The van der Waals surface area contributed by atoms with Gasteiger partial charge in [-0.15, -0.1) is 0 Å². The Morgan fingerprint density at radius 2 is 1.66 bits per heavy atom. The van der Waals surface area contributed by atoms with Gasteiger partial charge in [0.2, 0.25) is 0 Å². The lowest BCUT2D eigenvalue weighted by molar-refractivity contribution is 0.0693. The number of hydrogen-bond donors (Lipinski definition) is 4. The summed E-state index contributed by atoms with van der Waals surface area (Å²) in [6, 6.07) is 13.1. The lowest BCUT2D eigenvalue weighted by Crippen LogP contribution is -2.13. The zero-order valence-electron chi connectivity index (χ0n) is 15.0. The molecule has 4 N–H and O–H groups in total. The number of rotatable bonds is 5. The Balaban J connectivity index is 2.26. The summed E-state index contributed by atoms with van der Waals surface area (Å²) in [5.41, 5.74) is 0.515. The molecule has 0 fully saturated rings. The van der Waals surface area contributed by atoms with Gasteiger partial charge < -0.3 is 20.8 Å². The Bertz CT molecular complexity index is 1150. The third-order valence-corrected chi connectivity index (χ3v) is 3.82. The van der Waals surface area contributed by atoms with Crippen molar-refractivity contribution in [2.45, 2.75) is 6.92 Å². The minimum atomic E-state index is -1.33. The first-order valence-corrected chi connectivity index (χ1v) is 8.00. The summed E-state index contributed by atoms with van der Waals surface area (Å²) in [5.74, 6) is -2.27. The van der Waals surface area contributed by atoms with E-state index in [2.05, 4.69) is 10.6 Å². The maximum atomic E-state index is 12.4. The minimum absolute atomic E-state index is 0.187. The van der Waals surface area contributed by atoms with Crippen LogP contribution in [0.25, 0.3) is 0 Å². The van der Waals surface area contributed by atoms with Gasteiger partial charge in [-0.1, -0.05) is 0 Å². The number of allylic oxidation sites excluding steroid dienone is 2. The molecule has 142 valence electrons. The number of carbonyl (C=O) groups is 2. The lowest BCUT2D eigenvalue weighted by atomic mass is 10.1. The van der Waals surface area contributed by atoms with E-state index in [1.807, 2.05) is 0 Å². The lowest BCUT2D eigenvalue weighted by Gasteiger charge is -2.11. The highest BCUT2D eigenvalue weighted by atomic mass is 16.4. The van der Waals surface area contributed by atoms with Gasteiger partial charge in [0.05, 0.1) is 0 Å². The second-order valence-corrected chi connectivity index (χ2v) is 5.73. The fraction of sp³-hybridized carbons (Fsp3) is 0.0500. The molecule has 2 rings (SSSR count). The number of aryl methyl sites for hydroxylation is 1. The Hall–Kier alpha value is -4.81. The Labute approximate surface area is 165 Å². The van der Waals surface area contributed by atoms with E-state index < -0.39 is 17.6 Å². The van der Waals surface area contributed by atoms with Crippen LogP contribution in [-0.2, 0) is 0 Å². The number of benzene rings is 2. The number of amides is 1. The first-order chi connectivity index (χ1) is 13.8. The average molecular weight is 387 g/mol. The molecule has 0 aromatic heterocycles. The Morgan fingerprint density at radius 3 is 2.21 bits per heavy atom. The zero-order chi connectivity index (χ0) is 21.6. The van der Waals surface area contributed by atoms with E-state index in [0.29, 0.717) is 11.3 Å². The van der Waals surface area contributed by atoms with Gasteiger partial charge in [-0.3, -0.25) is 4.79 Å². The zero-order valence-corrected chi connectivity index (χ0v) is 15.0. The molecule has 0 saturated heterocycles. The number of aromatic carboxylic acids is 1. The summed E-state index contributed by atoms with van der Waals surface area (Å²) < 4.78 is 0. The van der Waals surface area contributed by atoms with Crippen molar-refractivity contribution in [3.63, 3.8) is 0 Å². The largest absolute Gasteiger partial charge is 0.507 e. The number of carboxylic acids is 1. The summed E-state index contributed by atoms with van der Waals surface area (Å²) in [6.45, 7) is 1.66. The van der Waals surface area contributed by atoms with Crippen molar-refractivity contribution in [2.75, 3.05) is 10.6 Å². The van der Waals surface area contributed by atoms with Crippen LogP contribution in [0.15, 0.2) is 47.7 Å². The van der Waals surface area contributed by atoms with Crippen LogP contribution in [0.1, 0.15) is 26.3 Å². The molecule has 0 bridgehead atoms. The molecule has 0 spiro atoms. The second-order valence-electron chi connectivity index (χ2n) is 5.73. The van der Waals surface area contributed by atoms with Crippen LogP contribution in [0, 0.1) is 40.9 Å². The van der Waals surface area contributed by atoms with Crippen molar-refractivity contribution in [1.29, 1.82) is 15.8 Å². The third kappa shape index (κ3) is 4.68. The summed E-state index contributed by atoms with van der Waals surface area (Å²) in [6.07, 6.45) is 0. The van der Waals surface area contributed by atoms with Crippen LogP contribution < -0.4 is 10.6 Å². The number of carbonyl (C=O) groups excluding carboxylic acids is 1. The normalized spacial score (nSPS) is 9.31. The van der Waals surface area contributed by atoms with Crippen molar-refractivity contribution in [2.24, 2.45) is 0 Å². The smallest absolute Gasteiger partial charge is 0.339 e. The molecular formula is C20H13N5O4. The maximum absolute atomic E-state index is 12.4. The average Bonchev–Trinajstić information content (AvgIpc) is 2.70. The highest BCUT2D eigenvalue weighted by molar-refractivity contribution is 6.05. The fourth-order valence-corrected chi connectivity index (χ4v) is 2.35. The molecule has 29 heavy (non-hydrogen) atoms. The molecule has 0 aliphatic carbocycles. The van der Waals surface area contributed by atoms with Gasteiger partial charge in [-0.05, 0) is 48.9 Å². The predicted octanol–water partition coefficient (Wildman–Crippen LogP) is 2.89. The predicted molar refractivity (Wildman–Crippen MR) is 102 cm³/mol. The molecule has 0 atom stereocenters. The second kappa shape index (κ2) is 8.72. The number of aromatic hydroxyl groups is 1. The number of nitrogens with zero attached hydrogens (tertiary/aromatic N) is 3. The highest BCUT2D eigenvalue weighted by Gasteiger charge is 2.14. The van der Waals surface area contributed by atoms with Crippen LogP contribution in [0.4, 0.5) is 11.4 Å². The SMILES string of the molecule is Cc1cc(C(=O)Nc2ccc(O)c(C(=O)O)c2)ccc1NC(C#N)=C(C#N)C#N. The van der Waals surface area contributed by atoms with Crippen LogP contribution in [0.5, 0.6) is 5.75 Å². The maximum Gasteiger partial charge on any atom is 0.339 e. The monoisotopic (exact) mass is 387 g/mol. The van der Waals surface area contributed by atoms with Gasteiger partial charge in [0.25, 0.3) is 5.91 Å². The molecule has 1 amide bonds. The molecule has 0 heterocycles. The third-order valence-electron chi connectivity index (χ3n) is 3.82. The fourth-order valence-electron chi connectivity index (χ4n) is 2.35. The number of nitriles is 3. The molecule has 0 aliphatic rings. The van der Waals surface area contributed by atoms with E-state index in [1.165, 1.54) is 24.3 Å². The quantitative estimate of drug-likeness (QED) is 0.448. The van der Waals surface area contributed by atoms with Gasteiger partial charge in [-0.2, -0.15) is 15.8 Å². The topological polar surface area (TPSA) is 170 Å². The van der Waals surface area contributed by atoms with E-state index in [4.69, 9.17) is 20.9 Å². The highest BCUT2D eigenvalue weighted by Crippen LogP contribution is 2.23. The molecule has 9 heteroatoms. The number of phenols is 1. The molecular weight excluding hydrogens is 374 g/mol. The first-order valence-electron chi connectivity index (χ1n) is 8.00. The molecule has 0 aliphatic heterocycles. The first kappa shape index (κ1) is 20.5. The van der Waals surface area contributed by atoms with Crippen LogP contribution in [-0.4, -0.2) is 22.1 Å².